The van der Waals surface area contributed by atoms with Crippen LogP contribution in [0.1, 0.15) is 62.3 Å². The van der Waals surface area contributed by atoms with E-state index in [4.69, 9.17) is 4.52 Å². The minimum atomic E-state index is 0.217. The van der Waals surface area contributed by atoms with Crippen LogP contribution in [0, 0.1) is 5.41 Å². The lowest BCUT2D eigenvalue weighted by Crippen LogP contribution is -2.44. The molecule has 7 heteroatoms. The van der Waals surface area contributed by atoms with Crippen molar-refractivity contribution in [1.82, 2.24) is 19.9 Å². The predicted molar refractivity (Wildman–Crippen MR) is 105 cm³/mol. The van der Waals surface area contributed by atoms with E-state index in [-0.39, 0.29) is 23.3 Å². The molecule has 2 aliphatic rings. The maximum Gasteiger partial charge on any atom is 0.229 e. The van der Waals surface area contributed by atoms with E-state index in [2.05, 4.69) is 41.3 Å². The molecule has 0 saturated carbocycles. The number of carbonyl (C=O) groups is 1. The summed E-state index contributed by atoms with van der Waals surface area (Å²) in [6.45, 7) is 6.88. The Hall–Kier alpha value is -1.73. The van der Waals surface area contributed by atoms with Gasteiger partial charge in [-0.05, 0) is 54.1 Å². The van der Waals surface area contributed by atoms with Crippen molar-refractivity contribution in [1.29, 1.82) is 0 Å². The number of hydrogen-bond donors (Lipinski definition) is 0. The SMILES string of the molecule is CC(C)c1nc(C2CC3(CCN(C(=O)Cc4ccsc4)CC3)CN2C)no1. The molecule has 0 radical (unpaired) electrons. The quantitative estimate of drug-likeness (QED) is 0.802. The zero-order valence-electron chi connectivity index (χ0n) is 16.4. The Bertz CT molecular complexity index is 778. The van der Waals surface area contributed by atoms with Crippen LogP contribution in [0.4, 0.5) is 0 Å². The molecule has 6 nitrogen and oxygen atoms in total. The van der Waals surface area contributed by atoms with E-state index in [1.807, 2.05) is 16.3 Å². The largest absolute Gasteiger partial charge is 0.342 e. The zero-order chi connectivity index (χ0) is 19.0. The van der Waals surface area contributed by atoms with Gasteiger partial charge in [0.25, 0.3) is 0 Å². The van der Waals surface area contributed by atoms with Crippen molar-refractivity contribution in [2.24, 2.45) is 5.41 Å². The first-order chi connectivity index (χ1) is 13.0. The highest BCUT2D eigenvalue weighted by Crippen LogP contribution is 2.47. The van der Waals surface area contributed by atoms with Gasteiger partial charge in [-0.15, -0.1) is 0 Å². The van der Waals surface area contributed by atoms with Gasteiger partial charge < -0.3 is 9.42 Å². The molecule has 1 unspecified atom stereocenters. The van der Waals surface area contributed by atoms with Crippen molar-refractivity contribution in [2.75, 3.05) is 26.7 Å². The van der Waals surface area contributed by atoms with E-state index in [0.717, 1.165) is 50.3 Å². The molecule has 2 fully saturated rings. The highest BCUT2D eigenvalue weighted by Gasteiger charge is 2.46. The summed E-state index contributed by atoms with van der Waals surface area (Å²) in [5.41, 5.74) is 1.39. The fourth-order valence-corrected chi connectivity index (χ4v) is 5.12. The third-order valence-corrected chi connectivity index (χ3v) is 6.84. The van der Waals surface area contributed by atoms with Gasteiger partial charge >= 0.3 is 0 Å². The number of hydrogen-bond acceptors (Lipinski definition) is 6. The van der Waals surface area contributed by atoms with Gasteiger partial charge in [-0.25, -0.2) is 0 Å². The van der Waals surface area contributed by atoms with Crippen molar-refractivity contribution >= 4 is 17.2 Å². The van der Waals surface area contributed by atoms with E-state index in [1.165, 1.54) is 0 Å². The summed E-state index contributed by atoms with van der Waals surface area (Å²) in [4.78, 5) is 21.6. The fraction of sp³-hybridized carbons (Fsp3) is 0.650. The second kappa shape index (κ2) is 7.36. The second-order valence-corrected chi connectivity index (χ2v) is 9.25. The van der Waals surface area contributed by atoms with Crippen molar-refractivity contribution in [2.45, 2.75) is 51.5 Å². The first-order valence-electron chi connectivity index (χ1n) is 9.78. The van der Waals surface area contributed by atoms with E-state index in [0.29, 0.717) is 12.3 Å². The Morgan fingerprint density at radius 3 is 2.81 bits per heavy atom. The molecule has 146 valence electrons. The highest BCUT2D eigenvalue weighted by molar-refractivity contribution is 7.08. The lowest BCUT2D eigenvalue weighted by Gasteiger charge is -2.39. The number of aromatic nitrogens is 2. The summed E-state index contributed by atoms with van der Waals surface area (Å²) >= 11 is 1.65. The van der Waals surface area contributed by atoms with Crippen molar-refractivity contribution in [3.8, 4) is 0 Å². The second-order valence-electron chi connectivity index (χ2n) is 8.47. The Labute approximate surface area is 164 Å². The lowest BCUT2D eigenvalue weighted by atomic mass is 9.76. The maximum atomic E-state index is 12.6. The van der Waals surface area contributed by atoms with E-state index >= 15 is 0 Å². The Morgan fingerprint density at radius 1 is 1.41 bits per heavy atom. The first-order valence-corrected chi connectivity index (χ1v) is 10.7. The number of piperidine rings is 1. The summed E-state index contributed by atoms with van der Waals surface area (Å²) in [6, 6.07) is 2.26. The number of amides is 1. The smallest absolute Gasteiger partial charge is 0.229 e. The van der Waals surface area contributed by atoms with Crippen LogP contribution in [-0.2, 0) is 11.2 Å². The zero-order valence-corrected chi connectivity index (χ0v) is 17.2. The van der Waals surface area contributed by atoms with Gasteiger partial charge in [-0.3, -0.25) is 9.69 Å². The fourth-order valence-electron chi connectivity index (χ4n) is 4.45. The molecule has 0 bridgehead atoms. The molecule has 2 aliphatic heterocycles. The van der Waals surface area contributed by atoms with Crippen molar-refractivity contribution in [3.05, 3.63) is 34.1 Å². The van der Waals surface area contributed by atoms with Crippen molar-refractivity contribution in [3.63, 3.8) is 0 Å². The van der Waals surface area contributed by atoms with Gasteiger partial charge in [-0.1, -0.05) is 19.0 Å². The molecule has 1 amide bonds. The van der Waals surface area contributed by atoms with Crippen LogP contribution in [-0.4, -0.2) is 52.5 Å². The molecule has 4 heterocycles. The van der Waals surface area contributed by atoms with E-state index < -0.39 is 0 Å². The molecule has 0 aromatic carbocycles. The van der Waals surface area contributed by atoms with Crippen LogP contribution in [0.5, 0.6) is 0 Å². The van der Waals surface area contributed by atoms with Crippen LogP contribution in [0.2, 0.25) is 0 Å². The van der Waals surface area contributed by atoms with E-state index in [9.17, 15) is 4.79 Å². The molecule has 27 heavy (non-hydrogen) atoms. The number of rotatable bonds is 4. The maximum absolute atomic E-state index is 12.6. The average molecular weight is 389 g/mol. The normalized spacial score (nSPS) is 22.8. The molecule has 1 atom stereocenters. The van der Waals surface area contributed by atoms with Crippen LogP contribution in [0.3, 0.4) is 0 Å². The molecule has 2 aromatic rings. The number of likely N-dealkylation sites (tertiary alicyclic amines) is 2. The summed E-state index contributed by atoms with van der Waals surface area (Å²) in [7, 11) is 2.15. The first kappa shape index (κ1) is 18.6. The van der Waals surface area contributed by atoms with Gasteiger partial charge in [-0.2, -0.15) is 16.3 Å². The summed E-state index contributed by atoms with van der Waals surface area (Å²) in [5, 5.41) is 8.34. The Kier molecular flexibility index (Phi) is 5.07. The number of thiophene rings is 1. The molecule has 0 aliphatic carbocycles. The molecule has 4 rings (SSSR count). The number of nitrogens with zero attached hydrogens (tertiary/aromatic N) is 4. The van der Waals surface area contributed by atoms with Gasteiger partial charge in [0.1, 0.15) is 0 Å². The Balaban J connectivity index is 1.37. The monoisotopic (exact) mass is 388 g/mol. The van der Waals surface area contributed by atoms with Crippen molar-refractivity contribution < 1.29 is 9.32 Å². The minimum Gasteiger partial charge on any atom is -0.342 e. The summed E-state index contributed by atoms with van der Waals surface area (Å²) < 4.78 is 5.42. The average Bonchev–Trinajstić information content (AvgIpc) is 3.36. The number of carbonyl (C=O) groups excluding carboxylic acids is 1. The van der Waals surface area contributed by atoms with Gasteiger partial charge in [0.15, 0.2) is 5.82 Å². The molecule has 1 spiro atoms. The molecular weight excluding hydrogens is 360 g/mol. The van der Waals surface area contributed by atoms with Gasteiger partial charge in [0.2, 0.25) is 11.8 Å². The minimum absolute atomic E-state index is 0.217. The summed E-state index contributed by atoms with van der Waals surface area (Å²) in [5.74, 6) is 2.04. The third kappa shape index (κ3) is 3.80. The van der Waals surface area contributed by atoms with Gasteiger partial charge in [0.05, 0.1) is 12.5 Å². The van der Waals surface area contributed by atoms with Gasteiger partial charge in [0, 0.05) is 25.6 Å². The van der Waals surface area contributed by atoms with Crippen LogP contribution in [0.15, 0.2) is 21.3 Å². The third-order valence-electron chi connectivity index (χ3n) is 6.10. The highest BCUT2D eigenvalue weighted by atomic mass is 32.1. The predicted octanol–water partition coefficient (Wildman–Crippen LogP) is 3.48. The molecule has 2 saturated heterocycles. The molecule has 0 N–H and O–H groups in total. The molecule has 2 aromatic heterocycles. The van der Waals surface area contributed by atoms with Crippen LogP contribution in [0.25, 0.3) is 0 Å². The summed E-state index contributed by atoms with van der Waals surface area (Å²) in [6.07, 6.45) is 3.68. The van der Waals surface area contributed by atoms with Crippen LogP contribution < -0.4 is 0 Å². The van der Waals surface area contributed by atoms with E-state index in [1.54, 1.807) is 11.3 Å². The molecular formula is C20H28N4O2S. The Morgan fingerprint density at radius 2 is 2.19 bits per heavy atom. The lowest BCUT2D eigenvalue weighted by molar-refractivity contribution is -0.132. The standard InChI is InChI=1S/C20H28N4O2S/c1-14(2)19-21-18(22-26-19)16-11-20(13-23(16)3)5-7-24(8-6-20)17(25)10-15-4-9-27-12-15/h4,9,12,14,16H,5-8,10-11,13H2,1-3H3. The van der Waals surface area contributed by atoms with Crippen LogP contribution >= 0.6 is 11.3 Å². The topological polar surface area (TPSA) is 62.5 Å².